The zero-order valence-electron chi connectivity index (χ0n) is 17.9. The minimum Gasteiger partial charge on any atom is -0.465 e. The van der Waals surface area contributed by atoms with Crippen molar-refractivity contribution in [3.63, 3.8) is 0 Å². The number of nitrogens with one attached hydrogen (secondary N) is 2. The molecule has 1 aliphatic carbocycles. The fourth-order valence-electron chi connectivity index (χ4n) is 3.86. The summed E-state index contributed by atoms with van der Waals surface area (Å²) in [5.41, 5.74) is 6.73. The Kier molecular flexibility index (Phi) is 6.62. The first-order valence-electron chi connectivity index (χ1n) is 10.5. The summed E-state index contributed by atoms with van der Waals surface area (Å²) in [5.74, 6) is -1.46. The molecule has 2 heterocycles. The number of benzene rings is 1. The SMILES string of the molecule is COC(=O)c1ccc2oc(C(=O)Nc3ccc(Cl)cn3)c(NC(=O)C3CCC(N)CC3)c2c1. The van der Waals surface area contributed by atoms with E-state index in [0.717, 1.165) is 12.8 Å². The highest BCUT2D eigenvalue weighted by Gasteiger charge is 2.29. The average Bonchev–Trinajstić information content (AvgIpc) is 3.18. The van der Waals surface area contributed by atoms with Crippen molar-refractivity contribution in [3.8, 4) is 0 Å². The van der Waals surface area contributed by atoms with Crippen molar-refractivity contribution in [1.29, 1.82) is 0 Å². The molecule has 9 nitrogen and oxygen atoms in total. The lowest BCUT2D eigenvalue weighted by atomic mass is 9.86. The van der Waals surface area contributed by atoms with Crippen molar-refractivity contribution < 1.29 is 23.5 Å². The number of halogens is 1. The molecular formula is C23H23ClN4O5. The summed E-state index contributed by atoms with van der Waals surface area (Å²) in [4.78, 5) is 42.1. The Morgan fingerprint density at radius 1 is 1.12 bits per heavy atom. The molecule has 4 N–H and O–H groups in total. The highest BCUT2D eigenvalue weighted by Crippen LogP contribution is 2.34. The molecule has 1 aliphatic rings. The normalized spacial score (nSPS) is 18.0. The fourth-order valence-corrected chi connectivity index (χ4v) is 3.97. The predicted octanol–water partition coefficient (Wildman–Crippen LogP) is 3.98. The summed E-state index contributed by atoms with van der Waals surface area (Å²) in [6.45, 7) is 0. The molecule has 0 bridgehead atoms. The number of nitrogens with two attached hydrogens (primary N) is 1. The molecule has 0 saturated heterocycles. The molecule has 0 radical (unpaired) electrons. The van der Waals surface area contributed by atoms with Gasteiger partial charge in [0.2, 0.25) is 11.7 Å². The summed E-state index contributed by atoms with van der Waals surface area (Å²) >= 11 is 5.85. The number of methoxy groups -OCH3 is 1. The van der Waals surface area contributed by atoms with Crippen LogP contribution in [0, 0.1) is 5.92 Å². The minimum absolute atomic E-state index is 0.0969. The molecule has 3 aromatic rings. The van der Waals surface area contributed by atoms with Crippen molar-refractivity contribution in [2.75, 3.05) is 17.7 Å². The monoisotopic (exact) mass is 470 g/mol. The minimum atomic E-state index is -0.610. The van der Waals surface area contributed by atoms with Crippen LogP contribution in [-0.2, 0) is 9.53 Å². The van der Waals surface area contributed by atoms with Gasteiger partial charge in [-0.25, -0.2) is 9.78 Å². The Morgan fingerprint density at radius 3 is 2.55 bits per heavy atom. The van der Waals surface area contributed by atoms with Gasteiger partial charge in [-0.15, -0.1) is 0 Å². The number of ether oxygens (including phenoxy) is 1. The number of carbonyl (C=O) groups excluding carboxylic acids is 3. The average molecular weight is 471 g/mol. The molecule has 0 unspecified atom stereocenters. The Morgan fingerprint density at radius 2 is 1.88 bits per heavy atom. The summed E-state index contributed by atoms with van der Waals surface area (Å²) in [5, 5.41) is 6.32. The summed E-state index contributed by atoms with van der Waals surface area (Å²) < 4.78 is 10.6. The lowest BCUT2D eigenvalue weighted by molar-refractivity contribution is -0.120. The van der Waals surface area contributed by atoms with Crippen LogP contribution >= 0.6 is 11.6 Å². The maximum absolute atomic E-state index is 13.0. The molecule has 0 atom stereocenters. The van der Waals surface area contributed by atoms with E-state index in [4.69, 9.17) is 26.5 Å². The van der Waals surface area contributed by atoms with Crippen LogP contribution in [0.5, 0.6) is 0 Å². The number of nitrogens with zero attached hydrogens (tertiary/aromatic N) is 1. The van der Waals surface area contributed by atoms with Gasteiger partial charge < -0.3 is 25.5 Å². The third kappa shape index (κ3) is 4.99. The Hall–Kier alpha value is -3.43. The summed E-state index contributed by atoms with van der Waals surface area (Å²) in [6.07, 6.45) is 4.23. The lowest BCUT2D eigenvalue weighted by Crippen LogP contribution is -2.32. The molecule has 10 heteroatoms. The van der Waals surface area contributed by atoms with E-state index in [2.05, 4.69) is 15.6 Å². The topological polar surface area (TPSA) is 137 Å². The second kappa shape index (κ2) is 9.60. The van der Waals surface area contributed by atoms with Gasteiger partial charge in [0.05, 0.1) is 17.7 Å². The Labute approximate surface area is 194 Å². The van der Waals surface area contributed by atoms with Gasteiger partial charge >= 0.3 is 5.97 Å². The van der Waals surface area contributed by atoms with E-state index in [1.807, 2.05) is 0 Å². The molecule has 172 valence electrons. The van der Waals surface area contributed by atoms with E-state index >= 15 is 0 Å². The molecule has 33 heavy (non-hydrogen) atoms. The van der Waals surface area contributed by atoms with E-state index in [9.17, 15) is 14.4 Å². The molecule has 2 aromatic heterocycles. The van der Waals surface area contributed by atoms with Crippen molar-refractivity contribution in [3.05, 3.63) is 52.9 Å². The molecule has 1 saturated carbocycles. The highest BCUT2D eigenvalue weighted by molar-refractivity contribution is 6.30. The number of anilines is 2. The number of aromatic nitrogens is 1. The number of rotatable bonds is 5. The molecule has 4 rings (SSSR count). The number of hydrogen-bond donors (Lipinski definition) is 3. The van der Waals surface area contributed by atoms with Gasteiger partial charge in [0.25, 0.3) is 5.91 Å². The second-order valence-corrected chi connectivity index (χ2v) is 8.36. The fraction of sp³-hybridized carbons (Fsp3) is 0.304. The van der Waals surface area contributed by atoms with Gasteiger partial charge in [0, 0.05) is 23.5 Å². The van der Waals surface area contributed by atoms with Crippen LogP contribution in [0.25, 0.3) is 11.0 Å². The van der Waals surface area contributed by atoms with E-state index < -0.39 is 11.9 Å². The summed E-state index contributed by atoms with van der Waals surface area (Å²) in [6, 6.07) is 7.82. The van der Waals surface area contributed by atoms with Gasteiger partial charge in [-0.2, -0.15) is 0 Å². The van der Waals surface area contributed by atoms with E-state index in [0.29, 0.717) is 28.8 Å². The van der Waals surface area contributed by atoms with Crippen molar-refractivity contribution >= 4 is 51.9 Å². The number of pyridine rings is 1. The summed E-state index contributed by atoms with van der Waals surface area (Å²) in [7, 11) is 1.27. The number of furan rings is 1. The van der Waals surface area contributed by atoms with Gasteiger partial charge in [0.1, 0.15) is 17.1 Å². The smallest absolute Gasteiger partial charge is 0.337 e. The standard InChI is InChI=1S/C23H23ClN4O5/c1-32-23(31)13-4-8-17-16(10-13)19(28-21(29)12-2-6-15(25)7-3-12)20(33-17)22(30)27-18-9-5-14(24)11-26-18/h4-5,8-12,15H,2-3,6-7,25H2,1H3,(H,28,29)(H,26,27,30). The maximum atomic E-state index is 13.0. The quantitative estimate of drug-likeness (QED) is 0.479. The number of hydrogen-bond acceptors (Lipinski definition) is 7. The van der Waals surface area contributed by atoms with E-state index in [1.54, 1.807) is 18.2 Å². The Balaban J connectivity index is 1.69. The van der Waals surface area contributed by atoms with Gasteiger partial charge in [-0.3, -0.25) is 9.59 Å². The molecule has 0 aliphatic heterocycles. The number of carbonyl (C=O) groups is 3. The molecule has 2 amide bonds. The van der Waals surface area contributed by atoms with E-state index in [1.165, 1.54) is 25.4 Å². The molecule has 1 aromatic carbocycles. The van der Waals surface area contributed by atoms with Crippen molar-refractivity contribution in [1.82, 2.24) is 4.98 Å². The van der Waals surface area contributed by atoms with Crippen LogP contribution in [0.1, 0.15) is 46.6 Å². The Bertz CT molecular complexity index is 1200. The van der Waals surface area contributed by atoms with Crippen LogP contribution in [0.3, 0.4) is 0 Å². The third-order valence-electron chi connectivity index (χ3n) is 5.68. The van der Waals surface area contributed by atoms with Crippen molar-refractivity contribution in [2.45, 2.75) is 31.7 Å². The first-order valence-corrected chi connectivity index (χ1v) is 10.9. The van der Waals surface area contributed by atoms with Crippen LogP contribution < -0.4 is 16.4 Å². The van der Waals surface area contributed by atoms with Crippen LogP contribution in [0.15, 0.2) is 40.9 Å². The van der Waals surface area contributed by atoms with Gasteiger partial charge in [-0.05, 0) is 56.0 Å². The van der Waals surface area contributed by atoms with E-state index in [-0.39, 0.29) is 40.7 Å². The number of esters is 1. The van der Waals surface area contributed by atoms with Gasteiger partial charge in [-0.1, -0.05) is 11.6 Å². The molecule has 0 spiro atoms. The second-order valence-electron chi connectivity index (χ2n) is 7.93. The van der Waals surface area contributed by atoms with Crippen LogP contribution in [-0.4, -0.2) is 35.9 Å². The van der Waals surface area contributed by atoms with Crippen LogP contribution in [0.2, 0.25) is 5.02 Å². The first-order chi connectivity index (χ1) is 15.9. The maximum Gasteiger partial charge on any atom is 0.337 e. The number of fused-ring (bicyclic) bond motifs is 1. The predicted molar refractivity (Wildman–Crippen MR) is 123 cm³/mol. The molecule has 1 fully saturated rings. The third-order valence-corrected chi connectivity index (χ3v) is 5.90. The zero-order valence-corrected chi connectivity index (χ0v) is 18.6. The zero-order chi connectivity index (χ0) is 23.5. The first kappa shape index (κ1) is 22.8. The highest BCUT2D eigenvalue weighted by atomic mass is 35.5. The van der Waals surface area contributed by atoms with Crippen LogP contribution in [0.4, 0.5) is 11.5 Å². The number of amides is 2. The van der Waals surface area contributed by atoms with Crippen molar-refractivity contribution in [2.24, 2.45) is 11.7 Å². The molecular weight excluding hydrogens is 448 g/mol. The largest absolute Gasteiger partial charge is 0.465 e. The van der Waals surface area contributed by atoms with Gasteiger partial charge in [0.15, 0.2) is 0 Å². The lowest BCUT2D eigenvalue weighted by Gasteiger charge is -2.25.